The Morgan fingerprint density at radius 3 is 1.84 bits per heavy atom. The van der Waals surface area contributed by atoms with E-state index in [4.69, 9.17) is 32.6 Å². The first-order chi connectivity index (χ1) is 18.2. The number of benzene rings is 2. The summed E-state index contributed by atoms with van der Waals surface area (Å²) >= 11 is 0. The Kier molecular flexibility index (Phi) is 16.4. The number of nitrogens with zero attached hydrogens (tertiary/aromatic N) is 1. The van der Waals surface area contributed by atoms with Crippen molar-refractivity contribution in [2.45, 2.75) is 11.8 Å². The molecule has 13 nitrogen and oxygen atoms in total. The van der Waals surface area contributed by atoms with Gasteiger partial charge in [-0.3, -0.25) is 14.3 Å². The maximum atomic E-state index is 11.7. The highest BCUT2D eigenvalue weighted by molar-refractivity contribution is 7.86. The van der Waals surface area contributed by atoms with E-state index in [1.165, 1.54) is 36.4 Å². The summed E-state index contributed by atoms with van der Waals surface area (Å²) < 4.78 is 57.6. The van der Waals surface area contributed by atoms with Crippen LogP contribution in [0.15, 0.2) is 53.4 Å². The van der Waals surface area contributed by atoms with Crippen LogP contribution in [0.25, 0.3) is 0 Å². The van der Waals surface area contributed by atoms with E-state index in [0.717, 1.165) is 5.56 Å². The molecule has 14 heteroatoms. The number of nitro benzene ring substituents is 1. The van der Waals surface area contributed by atoms with Gasteiger partial charge in [-0.25, -0.2) is 4.79 Å². The number of non-ortho nitro benzene ring substituents is 1. The lowest BCUT2D eigenvalue weighted by atomic mass is 10.2. The quantitative estimate of drug-likeness (QED) is 0.0739. The standard InChI is InChI=1S/C12H15NO7.C12H18O5S/c1-17-6-7-18-8-9-19-12(14)20-11-4-2-10(3-5-11)13(15)16;1-11-3-5-12(6-4-11)18(13,14)17-10-9-16-8-7-15-2/h2-5H,6-9H2,1H3;3-6H,7-10H2,1-2H3. The van der Waals surface area contributed by atoms with E-state index in [1.54, 1.807) is 26.4 Å². The first-order valence-electron chi connectivity index (χ1n) is 11.4. The van der Waals surface area contributed by atoms with Gasteiger partial charge in [-0.2, -0.15) is 8.42 Å². The number of ether oxygens (including phenoxy) is 6. The molecule has 0 saturated carbocycles. The molecule has 0 aromatic heterocycles. The van der Waals surface area contributed by atoms with Crippen molar-refractivity contribution >= 4 is 22.0 Å². The smallest absolute Gasteiger partial charge is 0.432 e. The summed E-state index contributed by atoms with van der Waals surface area (Å²) in [6.45, 7) is 4.17. The molecule has 0 amide bonds. The molecule has 0 atom stereocenters. The number of rotatable bonds is 16. The minimum Gasteiger partial charge on any atom is -0.432 e. The summed E-state index contributed by atoms with van der Waals surface area (Å²) in [6, 6.07) is 11.6. The van der Waals surface area contributed by atoms with E-state index in [1.807, 2.05) is 6.92 Å². The first kappa shape index (κ1) is 32.9. The van der Waals surface area contributed by atoms with E-state index in [2.05, 4.69) is 0 Å². The Labute approximate surface area is 221 Å². The Morgan fingerprint density at radius 2 is 1.32 bits per heavy atom. The van der Waals surface area contributed by atoms with Gasteiger partial charge in [-0.1, -0.05) is 17.7 Å². The van der Waals surface area contributed by atoms with Crippen LogP contribution in [0.3, 0.4) is 0 Å². The summed E-state index contributed by atoms with van der Waals surface area (Å²) in [5.41, 5.74) is 0.911. The van der Waals surface area contributed by atoms with Crippen molar-refractivity contribution in [3.8, 4) is 5.75 Å². The van der Waals surface area contributed by atoms with E-state index in [-0.39, 0.29) is 42.8 Å². The molecule has 0 unspecified atom stereocenters. The molecule has 2 rings (SSSR count). The van der Waals surface area contributed by atoms with Crippen LogP contribution in [0.5, 0.6) is 5.75 Å². The van der Waals surface area contributed by atoms with Crippen LogP contribution in [-0.2, 0) is 38.0 Å². The second-order valence-electron chi connectivity index (χ2n) is 7.25. The number of aryl methyl sites for hydroxylation is 1. The summed E-state index contributed by atoms with van der Waals surface area (Å²) in [4.78, 5) is 21.3. The number of nitro groups is 1. The van der Waals surface area contributed by atoms with Gasteiger partial charge in [0, 0.05) is 26.4 Å². The number of carbonyl (C=O) groups is 1. The second kappa shape index (κ2) is 19.0. The lowest BCUT2D eigenvalue weighted by Crippen LogP contribution is -2.15. The van der Waals surface area contributed by atoms with Crippen molar-refractivity contribution in [3.63, 3.8) is 0 Å². The highest BCUT2D eigenvalue weighted by Crippen LogP contribution is 2.17. The lowest BCUT2D eigenvalue weighted by Gasteiger charge is -2.06. The van der Waals surface area contributed by atoms with Gasteiger partial charge >= 0.3 is 6.16 Å². The Balaban J connectivity index is 0.000000382. The van der Waals surface area contributed by atoms with Crippen LogP contribution in [0.1, 0.15) is 5.56 Å². The van der Waals surface area contributed by atoms with Crippen molar-refractivity contribution < 1.29 is 50.7 Å². The average Bonchev–Trinajstić information content (AvgIpc) is 2.89. The molecule has 0 bridgehead atoms. The molecule has 38 heavy (non-hydrogen) atoms. The Hall–Kier alpha value is -3.14. The fourth-order valence-corrected chi connectivity index (χ4v) is 3.30. The summed E-state index contributed by atoms with van der Waals surface area (Å²) in [5, 5.41) is 10.4. The molecular formula is C24H33NO12S. The van der Waals surface area contributed by atoms with Crippen molar-refractivity contribution in [2.75, 3.05) is 67.1 Å². The SMILES string of the molecule is COCCOCCOC(=O)Oc1ccc([N+](=O)[O-])cc1.COCCOCCOS(=O)(=O)c1ccc(C)cc1. The van der Waals surface area contributed by atoms with Gasteiger partial charge in [0.15, 0.2) is 0 Å². The minimum absolute atomic E-state index is 0.0000753. The van der Waals surface area contributed by atoms with Gasteiger partial charge in [-0.15, -0.1) is 0 Å². The number of hydrogen-bond acceptors (Lipinski definition) is 12. The summed E-state index contributed by atoms with van der Waals surface area (Å²) in [5.74, 6) is 0.168. The van der Waals surface area contributed by atoms with Crippen molar-refractivity contribution in [2.24, 2.45) is 0 Å². The van der Waals surface area contributed by atoms with E-state index in [0.29, 0.717) is 26.4 Å². The van der Waals surface area contributed by atoms with Crippen molar-refractivity contribution in [1.82, 2.24) is 0 Å². The molecule has 0 aliphatic rings. The summed E-state index contributed by atoms with van der Waals surface area (Å²) in [7, 11) is -0.553. The summed E-state index contributed by atoms with van der Waals surface area (Å²) in [6.07, 6.45) is -0.894. The zero-order valence-electron chi connectivity index (χ0n) is 21.5. The molecule has 0 spiro atoms. The average molecular weight is 560 g/mol. The first-order valence-corrected chi connectivity index (χ1v) is 12.8. The van der Waals surface area contributed by atoms with Crippen LogP contribution in [0.4, 0.5) is 10.5 Å². The fourth-order valence-electron chi connectivity index (χ4n) is 2.41. The predicted octanol–water partition coefficient (Wildman–Crippen LogP) is 3.14. The molecule has 212 valence electrons. The van der Waals surface area contributed by atoms with Crippen LogP contribution >= 0.6 is 0 Å². The number of carbonyl (C=O) groups excluding carboxylic acids is 1. The highest BCUT2D eigenvalue weighted by Gasteiger charge is 2.14. The predicted molar refractivity (Wildman–Crippen MR) is 135 cm³/mol. The van der Waals surface area contributed by atoms with Gasteiger partial charge in [0.2, 0.25) is 0 Å². The molecule has 0 heterocycles. The van der Waals surface area contributed by atoms with Crippen molar-refractivity contribution in [3.05, 3.63) is 64.2 Å². The van der Waals surface area contributed by atoms with Crippen LogP contribution in [-0.4, -0.2) is 86.6 Å². The molecule has 2 aromatic carbocycles. The highest BCUT2D eigenvalue weighted by atomic mass is 32.2. The van der Waals surface area contributed by atoms with Gasteiger partial charge in [0.05, 0.1) is 56.1 Å². The van der Waals surface area contributed by atoms with E-state index >= 15 is 0 Å². The lowest BCUT2D eigenvalue weighted by molar-refractivity contribution is -0.384. The Bertz CT molecular complexity index is 1040. The van der Waals surface area contributed by atoms with Crippen LogP contribution in [0.2, 0.25) is 0 Å². The largest absolute Gasteiger partial charge is 0.513 e. The number of hydrogen-bond donors (Lipinski definition) is 0. The minimum atomic E-state index is -3.68. The maximum Gasteiger partial charge on any atom is 0.513 e. The van der Waals surface area contributed by atoms with E-state index in [9.17, 15) is 23.3 Å². The van der Waals surface area contributed by atoms with Gasteiger partial charge in [-0.05, 0) is 31.2 Å². The molecule has 0 N–H and O–H groups in total. The molecule has 0 aliphatic heterocycles. The Morgan fingerprint density at radius 1 is 0.789 bits per heavy atom. The fraction of sp³-hybridized carbons (Fsp3) is 0.458. The molecule has 2 aromatic rings. The normalized spacial score (nSPS) is 10.8. The molecule has 0 aliphatic carbocycles. The van der Waals surface area contributed by atoms with Crippen molar-refractivity contribution in [1.29, 1.82) is 0 Å². The van der Waals surface area contributed by atoms with Gasteiger partial charge in [0.25, 0.3) is 15.8 Å². The van der Waals surface area contributed by atoms with Crippen LogP contribution < -0.4 is 4.74 Å². The monoisotopic (exact) mass is 559 g/mol. The van der Waals surface area contributed by atoms with Gasteiger partial charge in [0.1, 0.15) is 12.4 Å². The maximum absolute atomic E-state index is 11.7. The second-order valence-corrected chi connectivity index (χ2v) is 8.87. The molecule has 0 fully saturated rings. The molecular weight excluding hydrogens is 526 g/mol. The van der Waals surface area contributed by atoms with Crippen LogP contribution in [0, 0.1) is 17.0 Å². The third-order valence-electron chi connectivity index (χ3n) is 4.34. The van der Waals surface area contributed by atoms with E-state index < -0.39 is 21.2 Å². The topological polar surface area (TPSA) is 159 Å². The molecule has 0 radical (unpaired) electrons. The zero-order chi connectivity index (χ0) is 28.2. The third kappa shape index (κ3) is 14.6. The zero-order valence-corrected chi connectivity index (χ0v) is 22.3. The third-order valence-corrected chi connectivity index (χ3v) is 5.66. The van der Waals surface area contributed by atoms with Gasteiger partial charge < -0.3 is 28.4 Å². The number of methoxy groups -OCH3 is 2. The molecule has 0 saturated heterocycles.